The Balaban J connectivity index is 2.86. The topological polar surface area (TPSA) is 42.3 Å². The fourth-order valence-corrected chi connectivity index (χ4v) is 1.31. The highest BCUT2D eigenvalue weighted by molar-refractivity contribution is 5.52. The van der Waals surface area contributed by atoms with Gasteiger partial charge in [-0.05, 0) is 36.6 Å². The lowest BCUT2D eigenvalue weighted by Crippen LogP contribution is -2.02. The smallest absolute Gasteiger partial charge is 0.212 e. The van der Waals surface area contributed by atoms with Crippen LogP contribution in [0.1, 0.15) is 25.8 Å². The monoisotopic (exact) mass is 208 g/mol. The quantitative estimate of drug-likeness (QED) is 0.563. The molecule has 0 fully saturated rings. The van der Waals surface area contributed by atoms with E-state index in [0.717, 1.165) is 11.1 Å². The summed E-state index contributed by atoms with van der Waals surface area (Å²) in [7, 11) is 0. The van der Waals surface area contributed by atoms with Crippen LogP contribution in [0.5, 0.6) is 0 Å². The summed E-state index contributed by atoms with van der Waals surface area (Å²) in [6.45, 7) is 3.73. The lowest BCUT2D eigenvalue weighted by Gasteiger charge is -2.05. The molecular formula is C11H13FN2O. The first-order valence-corrected chi connectivity index (χ1v) is 4.79. The van der Waals surface area contributed by atoms with Crippen molar-refractivity contribution in [2.75, 3.05) is 0 Å². The van der Waals surface area contributed by atoms with Crippen molar-refractivity contribution in [1.82, 2.24) is 4.98 Å². The molecule has 0 aliphatic carbocycles. The van der Waals surface area contributed by atoms with Gasteiger partial charge in [-0.25, -0.2) is 4.98 Å². The number of hydrogen-bond acceptors (Lipinski definition) is 3. The average molecular weight is 208 g/mol. The highest BCUT2D eigenvalue weighted by Gasteiger charge is 2.07. The molecular weight excluding hydrogens is 195 g/mol. The average Bonchev–Trinajstić information content (AvgIpc) is 2.23. The van der Waals surface area contributed by atoms with Crippen LogP contribution in [0, 0.1) is 10.9 Å². The minimum Gasteiger partial charge on any atom is -0.228 e. The molecule has 0 aromatic carbocycles. The second-order valence-corrected chi connectivity index (χ2v) is 3.33. The van der Waals surface area contributed by atoms with Gasteiger partial charge in [0.05, 0.1) is 0 Å². The van der Waals surface area contributed by atoms with Crippen LogP contribution in [0.15, 0.2) is 29.1 Å². The maximum absolute atomic E-state index is 12.5. The van der Waals surface area contributed by atoms with Gasteiger partial charge in [0.2, 0.25) is 5.95 Å². The van der Waals surface area contributed by atoms with E-state index in [2.05, 4.69) is 10.2 Å². The summed E-state index contributed by atoms with van der Waals surface area (Å²) in [5.41, 5.74) is 1.64. The third kappa shape index (κ3) is 3.23. The molecule has 3 nitrogen and oxygen atoms in total. The number of halogens is 1. The SMILES string of the molecule is CCC(N=O)/C(C)=C/c1ccc(F)nc1. The highest BCUT2D eigenvalue weighted by Crippen LogP contribution is 2.14. The normalized spacial score (nSPS) is 13.7. The van der Waals surface area contributed by atoms with E-state index in [1.807, 2.05) is 13.8 Å². The maximum atomic E-state index is 12.5. The number of pyridine rings is 1. The van der Waals surface area contributed by atoms with Gasteiger partial charge in [0.25, 0.3) is 0 Å². The number of hydrogen-bond donors (Lipinski definition) is 0. The zero-order valence-corrected chi connectivity index (χ0v) is 8.77. The molecule has 0 aliphatic heterocycles. The Kier molecular flexibility index (Phi) is 4.09. The fraction of sp³-hybridized carbons (Fsp3) is 0.364. The van der Waals surface area contributed by atoms with Crippen molar-refractivity contribution in [3.63, 3.8) is 0 Å². The Morgan fingerprint density at radius 3 is 2.87 bits per heavy atom. The van der Waals surface area contributed by atoms with E-state index in [1.165, 1.54) is 12.3 Å². The Bertz CT molecular complexity index is 359. The molecule has 0 saturated heterocycles. The first kappa shape index (κ1) is 11.5. The second-order valence-electron chi connectivity index (χ2n) is 3.33. The third-order valence-corrected chi connectivity index (χ3v) is 2.18. The standard InChI is InChI=1S/C11H13FN2O/c1-3-10(14-15)8(2)6-9-4-5-11(12)13-7-9/h4-7,10H,3H2,1-2H3/b8-6+. The van der Waals surface area contributed by atoms with Crippen LogP contribution < -0.4 is 0 Å². The molecule has 0 N–H and O–H groups in total. The van der Waals surface area contributed by atoms with Gasteiger partial charge in [0.1, 0.15) is 6.04 Å². The van der Waals surface area contributed by atoms with Crippen molar-refractivity contribution >= 4 is 6.08 Å². The van der Waals surface area contributed by atoms with Crippen molar-refractivity contribution in [2.24, 2.45) is 5.18 Å². The van der Waals surface area contributed by atoms with Gasteiger partial charge >= 0.3 is 0 Å². The zero-order chi connectivity index (χ0) is 11.3. The van der Waals surface area contributed by atoms with Crippen molar-refractivity contribution in [3.05, 3.63) is 40.3 Å². The minimum absolute atomic E-state index is 0.310. The largest absolute Gasteiger partial charge is 0.228 e. The number of nitrogens with zero attached hydrogens (tertiary/aromatic N) is 2. The number of aromatic nitrogens is 1. The van der Waals surface area contributed by atoms with Crippen LogP contribution in [0.3, 0.4) is 0 Å². The molecule has 15 heavy (non-hydrogen) atoms. The van der Waals surface area contributed by atoms with Crippen LogP contribution in [-0.4, -0.2) is 11.0 Å². The van der Waals surface area contributed by atoms with Crippen LogP contribution in [0.4, 0.5) is 4.39 Å². The minimum atomic E-state index is -0.509. The van der Waals surface area contributed by atoms with Gasteiger partial charge in [-0.2, -0.15) is 9.30 Å². The van der Waals surface area contributed by atoms with E-state index in [-0.39, 0.29) is 6.04 Å². The number of nitroso groups, excluding NO2 is 1. The van der Waals surface area contributed by atoms with Crippen molar-refractivity contribution in [2.45, 2.75) is 26.3 Å². The molecule has 1 rings (SSSR count). The molecule has 1 unspecified atom stereocenters. The molecule has 1 aromatic rings. The lowest BCUT2D eigenvalue weighted by molar-refractivity contribution is 0.583. The first-order chi connectivity index (χ1) is 7.17. The summed E-state index contributed by atoms with van der Waals surface area (Å²) in [4.78, 5) is 14.0. The van der Waals surface area contributed by atoms with E-state index in [9.17, 15) is 9.30 Å². The van der Waals surface area contributed by atoms with E-state index in [0.29, 0.717) is 6.42 Å². The molecule has 0 bridgehead atoms. The Labute approximate surface area is 88.0 Å². The molecule has 1 atom stereocenters. The Morgan fingerprint density at radius 1 is 1.67 bits per heavy atom. The predicted molar refractivity (Wildman–Crippen MR) is 57.7 cm³/mol. The van der Waals surface area contributed by atoms with Gasteiger partial charge < -0.3 is 0 Å². The molecule has 1 aromatic heterocycles. The Hall–Kier alpha value is -1.58. The van der Waals surface area contributed by atoms with E-state index in [1.54, 1.807) is 12.1 Å². The summed E-state index contributed by atoms with van der Waals surface area (Å²) in [5.74, 6) is -0.509. The van der Waals surface area contributed by atoms with Crippen LogP contribution in [0.2, 0.25) is 0 Å². The highest BCUT2D eigenvalue weighted by atomic mass is 19.1. The lowest BCUT2D eigenvalue weighted by atomic mass is 10.1. The molecule has 0 aliphatic rings. The molecule has 0 radical (unpaired) electrons. The van der Waals surface area contributed by atoms with Crippen molar-refractivity contribution in [1.29, 1.82) is 0 Å². The molecule has 80 valence electrons. The molecule has 0 amide bonds. The van der Waals surface area contributed by atoms with E-state index in [4.69, 9.17) is 0 Å². The maximum Gasteiger partial charge on any atom is 0.212 e. The molecule has 4 heteroatoms. The number of rotatable bonds is 4. The van der Waals surface area contributed by atoms with E-state index < -0.39 is 5.95 Å². The summed E-state index contributed by atoms with van der Waals surface area (Å²) < 4.78 is 12.5. The van der Waals surface area contributed by atoms with Crippen LogP contribution in [-0.2, 0) is 0 Å². The molecule has 0 spiro atoms. The third-order valence-electron chi connectivity index (χ3n) is 2.18. The first-order valence-electron chi connectivity index (χ1n) is 4.79. The van der Waals surface area contributed by atoms with Gasteiger partial charge in [-0.1, -0.05) is 18.2 Å². The molecule has 1 heterocycles. The van der Waals surface area contributed by atoms with Gasteiger partial charge in [0.15, 0.2) is 0 Å². The van der Waals surface area contributed by atoms with Gasteiger partial charge in [0, 0.05) is 6.20 Å². The van der Waals surface area contributed by atoms with Crippen LogP contribution >= 0.6 is 0 Å². The van der Waals surface area contributed by atoms with E-state index >= 15 is 0 Å². The van der Waals surface area contributed by atoms with Crippen molar-refractivity contribution in [3.8, 4) is 0 Å². The van der Waals surface area contributed by atoms with Crippen molar-refractivity contribution < 1.29 is 4.39 Å². The summed E-state index contributed by atoms with van der Waals surface area (Å²) >= 11 is 0. The van der Waals surface area contributed by atoms with Gasteiger partial charge in [-0.15, -0.1) is 0 Å². The zero-order valence-electron chi connectivity index (χ0n) is 8.77. The summed E-state index contributed by atoms with van der Waals surface area (Å²) in [6, 6.07) is 2.59. The fourth-order valence-electron chi connectivity index (χ4n) is 1.31. The summed E-state index contributed by atoms with van der Waals surface area (Å²) in [6.07, 6.45) is 3.89. The van der Waals surface area contributed by atoms with Crippen LogP contribution in [0.25, 0.3) is 6.08 Å². The summed E-state index contributed by atoms with van der Waals surface area (Å²) in [5, 5.41) is 3.01. The molecule has 0 saturated carbocycles. The second kappa shape index (κ2) is 5.34. The van der Waals surface area contributed by atoms with Gasteiger partial charge in [-0.3, -0.25) is 0 Å². The predicted octanol–water partition coefficient (Wildman–Crippen LogP) is 3.17. The Morgan fingerprint density at radius 2 is 2.40 bits per heavy atom.